The number of aryl methyl sites for hydroxylation is 2. The Morgan fingerprint density at radius 1 is 0.750 bits per heavy atom. The third-order valence-corrected chi connectivity index (χ3v) is 13.7. The summed E-state index contributed by atoms with van der Waals surface area (Å²) in [6, 6.07) is 25.9. The number of hydrogen-bond acceptors (Lipinski definition) is 4. The van der Waals surface area contributed by atoms with Gasteiger partial charge >= 0.3 is 0 Å². The molecule has 1 aliphatic carbocycles. The van der Waals surface area contributed by atoms with Gasteiger partial charge in [-0.15, -0.1) is 0 Å². The molecule has 2 fully saturated rings. The van der Waals surface area contributed by atoms with Gasteiger partial charge in [0.25, 0.3) is 0 Å². The van der Waals surface area contributed by atoms with E-state index < -0.39 is 31.8 Å². The zero-order valence-electron chi connectivity index (χ0n) is 24.8. The van der Waals surface area contributed by atoms with Crippen LogP contribution < -0.4 is 0 Å². The molecule has 0 amide bonds. The summed E-state index contributed by atoms with van der Waals surface area (Å²) in [7, 11) is -3.05. The molecule has 5 rings (SSSR count). The van der Waals surface area contributed by atoms with Gasteiger partial charge in [0, 0.05) is 26.8 Å². The van der Waals surface area contributed by atoms with Crippen molar-refractivity contribution < 1.29 is 13.3 Å². The molecule has 0 aromatic heterocycles. The highest BCUT2D eigenvalue weighted by molar-refractivity contribution is 8.05. The van der Waals surface area contributed by atoms with E-state index in [1.807, 2.05) is 80.6 Å². The van der Waals surface area contributed by atoms with Crippen molar-refractivity contribution in [2.24, 2.45) is 11.8 Å². The molecule has 3 aromatic carbocycles. The maximum Gasteiger partial charge on any atom is 0.139 e. The molecule has 4 nitrogen and oxygen atoms in total. The normalized spacial score (nSPS) is 25.6. The monoisotopic (exact) mass is 577 g/mol. The summed E-state index contributed by atoms with van der Waals surface area (Å²) < 4.78 is 28.4. The summed E-state index contributed by atoms with van der Waals surface area (Å²) in [6.07, 6.45) is 2.83. The lowest BCUT2D eigenvalue weighted by Crippen LogP contribution is -2.58. The molecular formula is C34H43NO3S2. The Kier molecular flexibility index (Phi) is 8.03. The molecule has 1 saturated heterocycles. The molecule has 0 N–H and O–H groups in total. The Morgan fingerprint density at radius 3 is 1.65 bits per heavy atom. The lowest BCUT2D eigenvalue weighted by atomic mass is 9.82. The van der Waals surface area contributed by atoms with Gasteiger partial charge in [-0.25, -0.2) is 0 Å². The first kappa shape index (κ1) is 29.4. The van der Waals surface area contributed by atoms with Crippen LogP contribution in [0.15, 0.2) is 88.7 Å². The van der Waals surface area contributed by atoms with Gasteiger partial charge in [-0.05, 0) is 96.6 Å². The van der Waals surface area contributed by atoms with E-state index in [0.717, 1.165) is 36.0 Å². The molecule has 0 bridgehead atoms. The van der Waals surface area contributed by atoms with Gasteiger partial charge in [-0.1, -0.05) is 72.6 Å². The highest BCUT2D eigenvalue weighted by Crippen LogP contribution is 2.65. The minimum atomic E-state index is -1.52. The smallest absolute Gasteiger partial charge is 0.139 e. The number of benzene rings is 3. The van der Waals surface area contributed by atoms with Crippen molar-refractivity contribution in [1.29, 1.82) is 0 Å². The first-order valence-electron chi connectivity index (χ1n) is 14.4. The molecule has 0 spiro atoms. The number of piperidine rings is 1. The fraction of sp³-hybridized carbons (Fsp3) is 0.471. The second-order valence-corrected chi connectivity index (χ2v) is 16.5. The number of hydroxylamine groups is 2. The van der Waals surface area contributed by atoms with Crippen molar-refractivity contribution in [3.05, 3.63) is 95.6 Å². The molecule has 5 atom stereocenters. The lowest BCUT2D eigenvalue weighted by molar-refractivity contribution is -0.311. The summed E-state index contributed by atoms with van der Waals surface area (Å²) in [5.41, 5.74) is 2.91. The van der Waals surface area contributed by atoms with Crippen molar-refractivity contribution in [3.63, 3.8) is 0 Å². The van der Waals surface area contributed by atoms with Crippen LogP contribution >= 0.6 is 0 Å². The Labute approximate surface area is 245 Å². The van der Waals surface area contributed by atoms with Crippen LogP contribution in [-0.2, 0) is 26.4 Å². The van der Waals surface area contributed by atoms with Crippen molar-refractivity contribution in [2.75, 3.05) is 0 Å². The fourth-order valence-electron chi connectivity index (χ4n) is 6.70. The van der Waals surface area contributed by atoms with Crippen LogP contribution in [0.5, 0.6) is 0 Å². The maximum absolute atomic E-state index is 14.7. The Hall–Kier alpha value is -2.12. The van der Waals surface area contributed by atoms with E-state index in [1.54, 1.807) is 0 Å². The lowest BCUT2D eigenvalue weighted by Gasteiger charge is -2.52. The standard InChI is InChI=1S/C34H43NO3S2/c1-24-14-18-28(19-15-24)39(36)34(40(37)29-20-16-25(2)17-21-29)26(3)30(34)31(27-12-9-8-10-13-27)38-35-32(4,5)22-11-23-33(35,6)7/h8-10,12-21,26,30-31H,11,22-23H2,1-7H3/t26-,30-,31?,39+,40+/m1/s1. The van der Waals surface area contributed by atoms with Gasteiger partial charge in [-0.2, -0.15) is 5.06 Å². The molecule has 40 heavy (non-hydrogen) atoms. The number of nitrogens with zero attached hydrogens (tertiary/aromatic N) is 1. The van der Waals surface area contributed by atoms with E-state index in [0.29, 0.717) is 9.79 Å². The third kappa shape index (κ3) is 5.17. The molecule has 1 heterocycles. The van der Waals surface area contributed by atoms with E-state index in [1.165, 1.54) is 0 Å². The average Bonchev–Trinajstić information content (AvgIpc) is 3.53. The van der Waals surface area contributed by atoms with Gasteiger partial charge in [0.2, 0.25) is 0 Å². The van der Waals surface area contributed by atoms with Crippen LogP contribution in [0.25, 0.3) is 0 Å². The molecule has 1 saturated carbocycles. The highest BCUT2D eigenvalue weighted by Gasteiger charge is 2.74. The van der Waals surface area contributed by atoms with Crippen LogP contribution in [0.3, 0.4) is 0 Å². The molecule has 3 aromatic rings. The summed E-state index contributed by atoms with van der Waals surface area (Å²) >= 11 is 0. The van der Waals surface area contributed by atoms with Gasteiger partial charge in [0.15, 0.2) is 0 Å². The topological polar surface area (TPSA) is 46.6 Å². The third-order valence-electron chi connectivity index (χ3n) is 8.93. The van der Waals surface area contributed by atoms with E-state index in [2.05, 4.69) is 51.8 Å². The zero-order valence-corrected chi connectivity index (χ0v) is 26.5. The second-order valence-electron chi connectivity index (χ2n) is 12.9. The van der Waals surface area contributed by atoms with Crippen LogP contribution in [0.2, 0.25) is 0 Å². The molecule has 1 aliphatic heterocycles. The Balaban J connectivity index is 1.64. The Bertz CT molecular complexity index is 1310. The summed E-state index contributed by atoms with van der Waals surface area (Å²) in [6.45, 7) is 15.1. The SMILES string of the molecule is Cc1ccc([S@](=O)C2([S@@](=O)c3ccc(C)cc3)[C@H](C)[C@@H]2C(ON2C(C)(C)CCCC2(C)C)c2ccccc2)cc1. The van der Waals surface area contributed by atoms with Crippen molar-refractivity contribution >= 4 is 21.6 Å². The van der Waals surface area contributed by atoms with E-state index in [-0.39, 0.29) is 22.9 Å². The highest BCUT2D eigenvalue weighted by atomic mass is 32.2. The maximum atomic E-state index is 14.7. The molecular weight excluding hydrogens is 535 g/mol. The average molecular weight is 578 g/mol. The molecule has 214 valence electrons. The van der Waals surface area contributed by atoms with Crippen molar-refractivity contribution in [1.82, 2.24) is 5.06 Å². The van der Waals surface area contributed by atoms with Gasteiger partial charge in [0.05, 0.1) is 21.6 Å². The predicted octanol–water partition coefficient (Wildman–Crippen LogP) is 7.90. The van der Waals surface area contributed by atoms with Crippen molar-refractivity contribution in [3.8, 4) is 0 Å². The number of rotatable bonds is 8. The van der Waals surface area contributed by atoms with Crippen LogP contribution in [0.4, 0.5) is 0 Å². The zero-order chi connectivity index (χ0) is 28.9. The predicted molar refractivity (Wildman–Crippen MR) is 165 cm³/mol. The largest absolute Gasteiger partial charge is 0.289 e. The first-order valence-corrected chi connectivity index (χ1v) is 16.7. The molecule has 6 heteroatoms. The van der Waals surface area contributed by atoms with Crippen LogP contribution in [0, 0.1) is 25.7 Å². The molecule has 1 unspecified atom stereocenters. The summed E-state index contributed by atoms with van der Waals surface area (Å²) in [4.78, 5) is 8.56. The van der Waals surface area contributed by atoms with Crippen LogP contribution in [0.1, 0.15) is 76.7 Å². The first-order chi connectivity index (χ1) is 18.9. The van der Waals surface area contributed by atoms with E-state index in [4.69, 9.17) is 4.84 Å². The van der Waals surface area contributed by atoms with Gasteiger partial charge < -0.3 is 0 Å². The Morgan fingerprint density at radius 2 is 1.20 bits per heavy atom. The minimum Gasteiger partial charge on any atom is -0.289 e. The molecule has 2 aliphatic rings. The summed E-state index contributed by atoms with van der Waals surface area (Å²) in [5, 5.41) is 2.20. The fourth-order valence-corrected chi connectivity index (χ4v) is 11.3. The van der Waals surface area contributed by atoms with Crippen LogP contribution in [-0.4, -0.2) is 28.6 Å². The summed E-state index contributed by atoms with van der Waals surface area (Å²) in [5.74, 6) is -0.314. The van der Waals surface area contributed by atoms with E-state index >= 15 is 0 Å². The minimum absolute atomic E-state index is 0.0991. The van der Waals surface area contributed by atoms with Gasteiger partial charge in [-0.3, -0.25) is 13.3 Å². The molecule has 0 radical (unpaired) electrons. The second kappa shape index (κ2) is 10.9. The van der Waals surface area contributed by atoms with E-state index in [9.17, 15) is 8.42 Å². The number of hydrogen-bond donors (Lipinski definition) is 0. The van der Waals surface area contributed by atoms with Crippen molar-refractivity contribution in [2.45, 2.75) is 98.8 Å². The van der Waals surface area contributed by atoms with Gasteiger partial charge in [0.1, 0.15) is 10.2 Å². The quantitative estimate of drug-likeness (QED) is 0.273.